The van der Waals surface area contributed by atoms with Gasteiger partial charge in [-0.1, -0.05) is 17.7 Å². The van der Waals surface area contributed by atoms with Crippen LogP contribution in [0.15, 0.2) is 36.4 Å². The van der Waals surface area contributed by atoms with Crippen molar-refractivity contribution >= 4 is 17.3 Å². The highest BCUT2D eigenvalue weighted by atomic mass is 35.5. The van der Waals surface area contributed by atoms with Gasteiger partial charge in [0.15, 0.2) is 11.5 Å². The van der Waals surface area contributed by atoms with Crippen LogP contribution in [0.2, 0.25) is 5.02 Å². The van der Waals surface area contributed by atoms with E-state index in [4.69, 9.17) is 21.1 Å². The predicted molar refractivity (Wildman–Crippen MR) is 78.3 cm³/mol. The Kier molecular flexibility index (Phi) is 4.69. The number of methoxy groups -OCH3 is 2. The fourth-order valence-corrected chi connectivity index (χ4v) is 1.98. The summed E-state index contributed by atoms with van der Waals surface area (Å²) in [6.45, 7) is 0.471. The molecule has 0 aliphatic carbocycles. The third-order valence-corrected chi connectivity index (χ3v) is 3.10. The highest BCUT2D eigenvalue weighted by Gasteiger charge is 2.06. The molecule has 0 unspecified atom stereocenters. The minimum absolute atomic E-state index is 0.374. The number of anilines is 1. The second-order valence-corrected chi connectivity index (χ2v) is 4.60. The molecule has 0 atom stereocenters. The first-order chi connectivity index (χ1) is 9.63. The van der Waals surface area contributed by atoms with Gasteiger partial charge >= 0.3 is 0 Å². The predicted octanol–water partition coefficient (Wildman–Crippen LogP) is 4.11. The maximum absolute atomic E-state index is 13.6. The zero-order valence-electron chi connectivity index (χ0n) is 11.2. The van der Waals surface area contributed by atoms with Crippen molar-refractivity contribution < 1.29 is 13.9 Å². The first kappa shape index (κ1) is 14.5. The van der Waals surface area contributed by atoms with Crippen molar-refractivity contribution in [2.45, 2.75) is 6.54 Å². The van der Waals surface area contributed by atoms with Crippen LogP contribution in [0, 0.1) is 5.82 Å². The van der Waals surface area contributed by atoms with Crippen LogP contribution in [0.3, 0.4) is 0 Å². The van der Waals surface area contributed by atoms with Gasteiger partial charge in [-0.25, -0.2) is 4.39 Å². The molecule has 0 saturated carbocycles. The van der Waals surface area contributed by atoms with Crippen molar-refractivity contribution in [2.24, 2.45) is 0 Å². The van der Waals surface area contributed by atoms with Crippen LogP contribution in [0.4, 0.5) is 10.1 Å². The van der Waals surface area contributed by atoms with Crippen molar-refractivity contribution in [2.75, 3.05) is 19.5 Å². The molecule has 2 aromatic carbocycles. The van der Waals surface area contributed by atoms with Crippen LogP contribution in [0.5, 0.6) is 11.5 Å². The Morgan fingerprint density at radius 2 is 1.80 bits per heavy atom. The second kappa shape index (κ2) is 6.48. The molecule has 0 aromatic heterocycles. The van der Waals surface area contributed by atoms with E-state index in [0.717, 1.165) is 5.56 Å². The van der Waals surface area contributed by atoms with Gasteiger partial charge in [-0.2, -0.15) is 0 Å². The fraction of sp³-hybridized carbons (Fsp3) is 0.200. The van der Waals surface area contributed by atoms with E-state index in [0.29, 0.717) is 28.8 Å². The zero-order valence-corrected chi connectivity index (χ0v) is 12.0. The van der Waals surface area contributed by atoms with Gasteiger partial charge in [-0.15, -0.1) is 0 Å². The summed E-state index contributed by atoms with van der Waals surface area (Å²) in [5.74, 6) is 0.926. The Morgan fingerprint density at radius 3 is 2.45 bits per heavy atom. The van der Waals surface area contributed by atoms with Crippen molar-refractivity contribution in [3.63, 3.8) is 0 Å². The molecule has 20 heavy (non-hydrogen) atoms. The number of hydrogen-bond acceptors (Lipinski definition) is 3. The largest absolute Gasteiger partial charge is 0.493 e. The van der Waals surface area contributed by atoms with Crippen LogP contribution >= 0.6 is 11.6 Å². The van der Waals surface area contributed by atoms with E-state index in [9.17, 15) is 4.39 Å². The molecule has 0 aliphatic rings. The van der Waals surface area contributed by atoms with Gasteiger partial charge in [-0.3, -0.25) is 0 Å². The van der Waals surface area contributed by atoms with Crippen LogP contribution in [0.25, 0.3) is 0 Å². The van der Waals surface area contributed by atoms with Crippen molar-refractivity contribution in [3.05, 3.63) is 52.8 Å². The van der Waals surface area contributed by atoms with E-state index in [1.54, 1.807) is 26.4 Å². The Morgan fingerprint density at radius 1 is 1.05 bits per heavy atom. The van der Waals surface area contributed by atoms with Gasteiger partial charge in [0.2, 0.25) is 0 Å². The molecule has 106 valence electrons. The summed E-state index contributed by atoms with van der Waals surface area (Å²) in [4.78, 5) is 0. The summed E-state index contributed by atoms with van der Waals surface area (Å²) < 4.78 is 24.0. The highest BCUT2D eigenvalue weighted by molar-refractivity contribution is 6.30. The van der Waals surface area contributed by atoms with Crippen LogP contribution in [-0.4, -0.2) is 14.2 Å². The van der Waals surface area contributed by atoms with Crippen molar-refractivity contribution in [3.8, 4) is 11.5 Å². The SMILES string of the molecule is COc1ccc(CNc2ccc(Cl)cc2F)cc1OC. The quantitative estimate of drug-likeness (QED) is 0.900. The summed E-state index contributed by atoms with van der Waals surface area (Å²) in [5, 5.41) is 3.39. The van der Waals surface area contributed by atoms with Gasteiger partial charge in [0.25, 0.3) is 0 Å². The molecule has 2 rings (SSSR count). The lowest BCUT2D eigenvalue weighted by atomic mass is 10.2. The van der Waals surface area contributed by atoms with E-state index >= 15 is 0 Å². The molecule has 0 heterocycles. The zero-order chi connectivity index (χ0) is 14.5. The first-order valence-corrected chi connectivity index (χ1v) is 6.41. The van der Waals surface area contributed by atoms with Gasteiger partial charge < -0.3 is 14.8 Å². The summed E-state index contributed by atoms with van der Waals surface area (Å²) in [6, 6.07) is 10.1. The Bertz CT molecular complexity index is 604. The van der Waals surface area contributed by atoms with Gasteiger partial charge in [0.1, 0.15) is 5.82 Å². The molecule has 1 N–H and O–H groups in total. The number of rotatable bonds is 5. The molecular formula is C15H15ClFNO2. The summed E-state index contributed by atoms with van der Waals surface area (Å²) in [6.07, 6.45) is 0. The molecule has 0 aliphatic heterocycles. The van der Waals surface area contributed by atoms with Gasteiger partial charge in [0.05, 0.1) is 19.9 Å². The molecule has 0 spiro atoms. The third-order valence-electron chi connectivity index (χ3n) is 2.86. The van der Waals surface area contributed by atoms with E-state index in [1.165, 1.54) is 6.07 Å². The lowest BCUT2D eigenvalue weighted by Crippen LogP contribution is -2.02. The molecule has 0 bridgehead atoms. The van der Waals surface area contributed by atoms with E-state index in [1.807, 2.05) is 18.2 Å². The standard InChI is InChI=1S/C15H15ClFNO2/c1-19-14-6-3-10(7-15(14)20-2)9-18-13-5-4-11(16)8-12(13)17/h3-8,18H,9H2,1-2H3. The number of hydrogen-bond donors (Lipinski definition) is 1. The monoisotopic (exact) mass is 295 g/mol. The van der Waals surface area contributed by atoms with E-state index in [2.05, 4.69) is 5.32 Å². The summed E-state index contributed by atoms with van der Waals surface area (Å²) in [5.41, 5.74) is 1.36. The molecule has 0 fully saturated rings. The number of ether oxygens (including phenoxy) is 2. The Labute approximate surface area is 122 Å². The maximum Gasteiger partial charge on any atom is 0.161 e. The lowest BCUT2D eigenvalue weighted by Gasteiger charge is -2.11. The highest BCUT2D eigenvalue weighted by Crippen LogP contribution is 2.28. The molecular weight excluding hydrogens is 281 g/mol. The number of benzene rings is 2. The first-order valence-electron chi connectivity index (χ1n) is 6.04. The maximum atomic E-state index is 13.6. The molecule has 3 nitrogen and oxygen atoms in total. The Balaban J connectivity index is 2.10. The van der Waals surface area contributed by atoms with E-state index < -0.39 is 0 Å². The summed E-state index contributed by atoms with van der Waals surface area (Å²) >= 11 is 5.71. The van der Waals surface area contributed by atoms with E-state index in [-0.39, 0.29) is 5.82 Å². The molecule has 0 saturated heterocycles. The molecule has 5 heteroatoms. The third kappa shape index (κ3) is 3.33. The minimum atomic E-state index is -0.377. The van der Waals surface area contributed by atoms with Crippen molar-refractivity contribution in [1.82, 2.24) is 0 Å². The minimum Gasteiger partial charge on any atom is -0.493 e. The number of halogens is 2. The second-order valence-electron chi connectivity index (χ2n) is 4.17. The molecule has 2 aromatic rings. The molecule has 0 amide bonds. The average Bonchev–Trinajstić information content (AvgIpc) is 2.46. The fourth-order valence-electron chi connectivity index (χ4n) is 1.82. The topological polar surface area (TPSA) is 30.5 Å². The van der Waals surface area contributed by atoms with Gasteiger partial charge in [0, 0.05) is 11.6 Å². The van der Waals surface area contributed by atoms with Gasteiger partial charge in [-0.05, 0) is 35.9 Å². The normalized spacial score (nSPS) is 10.2. The van der Waals surface area contributed by atoms with Crippen LogP contribution < -0.4 is 14.8 Å². The summed E-state index contributed by atoms with van der Waals surface area (Å²) in [7, 11) is 3.16. The smallest absolute Gasteiger partial charge is 0.161 e. The van der Waals surface area contributed by atoms with Crippen molar-refractivity contribution in [1.29, 1.82) is 0 Å². The van der Waals surface area contributed by atoms with Crippen LogP contribution in [-0.2, 0) is 6.54 Å². The number of nitrogens with one attached hydrogen (secondary N) is 1. The Hall–Kier alpha value is -1.94. The average molecular weight is 296 g/mol. The molecule has 0 radical (unpaired) electrons. The lowest BCUT2D eigenvalue weighted by molar-refractivity contribution is 0.354. The van der Waals surface area contributed by atoms with Crippen LogP contribution in [0.1, 0.15) is 5.56 Å².